The molecule has 0 aliphatic carbocycles. The highest BCUT2D eigenvalue weighted by atomic mass is 15.0. The van der Waals surface area contributed by atoms with Crippen LogP contribution in [-0.2, 0) is 0 Å². The normalized spacial score (nSPS) is 11.5. The first-order valence-electron chi connectivity index (χ1n) is 23.4. The molecule has 0 radical (unpaired) electrons. The zero-order valence-corrected chi connectivity index (χ0v) is 37.3. The Morgan fingerprint density at radius 3 is 1.19 bits per heavy atom. The topological polar surface area (TPSA) is 9.86 Å². The highest BCUT2D eigenvalue weighted by Crippen LogP contribution is 2.54. The maximum Gasteiger partial charge on any atom is 0.0632 e. The minimum Gasteiger partial charge on any atom is -0.309 e. The molecule has 0 unspecified atom stereocenters. The van der Waals surface area contributed by atoms with Crippen LogP contribution in [0.25, 0.3) is 122 Å². The lowest BCUT2D eigenvalue weighted by Crippen LogP contribution is -2.01. The summed E-state index contributed by atoms with van der Waals surface area (Å²) >= 11 is 0. The average Bonchev–Trinajstić information content (AvgIpc) is 3.94. The van der Waals surface area contributed by atoms with Crippen molar-refractivity contribution < 1.29 is 0 Å². The molecule has 2 nitrogen and oxygen atoms in total. The maximum absolute atomic E-state index is 2.55. The van der Waals surface area contributed by atoms with E-state index < -0.39 is 0 Å². The summed E-state index contributed by atoms with van der Waals surface area (Å²) in [5.74, 6) is 0. The minimum atomic E-state index is 1.11. The highest BCUT2D eigenvalue weighted by molar-refractivity contribution is 6.27. The Labute approximate surface area is 395 Å². The van der Waals surface area contributed by atoms with Gasteiger partial charge in [0.2, 0.25) is 0 Å². The third-order valence-corrected chi connectivity index (χ3v) is 13.7. The van der Waals surface area contributed by atoms with E-state index in [0.29, 0.717) is 0 Å². The number of para-hydroxylation sites is 2. The van der Waals surface area contributed by atoms with Crippen molar-refractivity contribution in [3.8, 4) is 78.1 Å². The number of aromatic nitrogens is 2. The zero-order valence-electron chi connectivity index (χ0n) is 37.3. The molecule has 0 aliphatic rings. The van der Waals surface area contributed by atoms with Gasteiger partial charge in [-0.2, -0.15) is 0 Å². The van der Waals surface area contributed by atoms with E-state index in [1.807, 2.05) is 0 Å². The van der Waals surface area contributed by atoms with Crippen LogP contribution in [0, 0.1) is 0 Å². The number of benzene rings is 11. The van der Waals surface area contributed by atoms with Crippen molar-refractivity contribution in [2.45, 2.75) is 0 Å². The first-order chi connectivity index (χ1) is 33.8. The van der Waals surface area contributed by atoms with Gasteiger partial charge in [0.05, 0.1) is 22.1 Å². The van der Waals surface area contributed by atoms with Crippen LogP contribution in [0.3, 0.4) is 0 Å². The Hall–Kier alpha value is -8.98. The van der Waals surface area contributed by atoms with Crippen molar-refractivity contribution in [2.24, 2.45) is 0 Å². The van der Waals surface area contributed by atoms with Gasteiger partial charge in [-0.25, -0.2) is 0 Å². The Kier molecular flexibility index (Phi) is 9.54. The summed E-state index contributed by atoms with van der Waals surface area (Å²) in [7, 11) is 0. The average molecular weight is 865 g/mol. The predicted octanol–water partition coefficient (Wildman–Crippen LogP) is 17.9. The van der Waals surface area contributed by atoms with Crippen molar-refractivity contribution in [3.63, 3.8) is 0 Å². The van der Waals surface area contributed by atoms with Crippen LogP contribution in [0.1, 0.15) is 0 Å². The second kappa shape index (κ2) is 16.5. The lowest BCUT2D eigenvalue weighted by Gasteiger charge is -2.24. The third-order valence-electron chi connectivity index (χ3n) is 13.7. The van der Waals surface area contributed by atoms with Gasteiger partial charge in [0.25, 0.3) is 0 Å². The third kappa shape index (κ3) is 6.49. The van der Waals surface area contributed by atoms with Gasteiger partial charge in [-0.15, -0.1) is 0 Å². The number of hydrogen-bond acceptors (Lipinski definition) is 0. The first-order valence-corrected chi connectivity index (χ1v) is 23.4. The molecule has 0 bridgehead atoms. The fourth-order valence-corrected chi connectivity index (χ4v) is 10.8. The van der Waals surface area contributed by atoms with E-state index >= 15 is 0 Å². The predicted molar refractivity (Wildman–Crippen MR) is 288 cm³/mol. The fourth-order valence-electron chi connectivity index (χ4n) is 10.8. The molecule has 2 aromatic heterocycles. The zero-order chi connectivity index (χ0) is 45.0. The molecule has 11 aromatic carbocycles. The molecule has 68 heavy (non-hydrogen) atoms. The van der Waals surface area contributed by atoms with Crippen LogP contribution in [0.5, 0.6) is 0 Å². The lowest BCUT2D eigenvalue weighted by molar-refractivity contribution is 1.18. The van der Waals surface area contributed by atoms with Crippen LogP contribution in [0.4, 0.5) is 0 Å². The highest BCUT2D eigenvalue weighted by Gasteiger charge is 2.29. The minimum absolute atomic E-state index is 1.11. The molecule has 13 aromatic rings. The fraction of sp³-hybridized carbons (Fsp3) is 0. The molecule has 0 amide bonds. The van der Waals surface area contributed by atoms with Crippen LogP contribution in [0.15, 0.2) is 267 Å². The molecular formula is C66H44N2. The second-order valence-electron chi connectivity index (χ2n) is 17.6. The molecule has 0 spiro atoms. The lowest BCUT2D eigenvalue weighted by atomic mass is 9.80. The number of rotatable bonds is 8. The summed E-state index contributed by atoms with van der Waals surface area (Å²) in [5, 5.41) is 4.89. The Bertz CT molecular complexity index is 3960. The summed E-state index contributed by atoms with van der Waals surface area (Å²) in [6.07, 6.45) is 0. The monoisotopic (exact) mass is 864 g/mol. The molecule has 2 heteroatoms. The van der Waals surface area contributed by atoms with E-state index in [4.69, 9.17) is 0 Å². The van der Waals surface area contributed by atoms with Gasteiger partial charge in [0, 0.05) is 49.6 Å². The summed E-state index contributed by atoms with van der Waals surface area (Å²) in [4.78, 5) is 0. The molecule has 0 N–H and O–H groups in total. The van der Waals surface area contributed by atoms with Crippen molar-refractivity contribution in [2.75, 3.05) is 0 Å². The summed E-state index contributed by atoms with van der Waals surface area (Å²) in [6, 6.07) is 97.6. The Balaban J connectivity index is 1.21. The largest absolute Gasteiger partial charge is 0.309 e. The van der Waals surface area contributed by atoms with E-state index in [-0.39, 0.29) is 0 Å². The molecular weight excluding hydrogens is 821 g/mol. The first kappa shape index (κ1) is 39.4. The number of nitrogens with zero attached hydrogens (tertiary/aromatic N) is 2. The van der Waals surface area contributed by atoms with Crippen molar-refractivity contribution >= 4 is 43.6 Å². The van der Waals surface area contributed by atoms with Gasteiger partial charge in [0.1, 0.15) is 0 Å². The summed E-state index contributed by atoms with van der Waals surface area (Å²) in [6.45, 7) is 0. The number of fused-ring (bicyclic) bond motifs is 6. The van der Waals surface area contributed by atoms with Gasteiger partial charge < -0.3 is 9.13 Å². The molecule has 0 saturated carbocycles. The molecule has 13 rings (SSSR count). The SMILES string of the molecule is c1ccc(-c2cccc(-n3c4ccc(-c5ccc6c(c5)c5ccccc5n6-c5ccccc5)cc4c4c(-c5ccccc5)c(-c5ccccc5)c(-c5ccccc5)c(-c5ccccc5)c43)c2)cc1. The quantitative estimate of drug-likeness (QED) is 0.144. The van der Waals surface area contributed by atoms with Gasteiger partial charge in [0.15, 0.2) is 0 Å². The maximum atomic E-state index is 2.55. The van der Waals surface area contributed by atoms with E-state index in [1.165, 1.54) is 99.3 Å². The van der Waals surface area contributed by atoms with Crippen molar-refractivity contribution in [1.82, 2.24) is 9.13 Å². The summed E-state index contributed by atoms with van der Waals surface area (Å²) < 4.78 is 4.94. The second-order valence-corrected chi connectivity index (χ2v) is 17.6. The standard InChI is InChI=1S/C66H44N2/c1-7-22-45(23-8-1)50-32-21-35-54(42-50)68-60-41-39-52(51-38-40-59-56(43-51)55-36-19-20-37-58(55)67(59)53-33-17-6-18-34-53)44-57(60)65-63(48-28-13-4-14-29-48)61(46-24-9-2-10-25-46)62(47-26-11-3-12-27-47)64(66(65)68)49-30-15-5-16-31-49/h1-44H. The molecule has 318 valence electrons. The molecule has 0 fully saturated rings. The van der Waals surface area contributed by atoms with E-state index in [1.54, 1.807) is 0 Å². The van der Waals surface area contributed by atoms with E-state index in [0.717, 1.165) is 22.5 Å². The molecule has 2 heterocycles. The smallest absolute Gasteiger partial charge is 0.0632 e. The van der Waals surface area contributed by atoms with Crippen molar-refractivity contribution in [1.29, 1.82) is 0 Å². The summed E-state index contributed by atoms with van der Waals surface area (Å²) in [5.41, 5.74) is 21.2. The van der Waals surface area contributed by atoms with E-state index in [2.05, 4.69) is 276 Å². The van der Waals surface area contributed by atoms with Gasteiger partial charge in [-0.3, -0.25) is 0 Å². The van der Waals surface area contributed by atoms with Gasteiger partial charge in [-0.05, 0) is 105 Å². The van der Waals surface area contributed by atoms with Crippen LogP contribution < -0.4 is 0 Å². The van der Waals surface area contributed by atoms with Crippen LogP contribution >= 0.6 is 0 Å². The Morgan fingerprint density at radius 1 is 0.206 bits per heavy atom. The van der Waals surface area contributed by atoms with Crippen molar-refractivity contribution in [3.05, 3.63) is 267 Å². The number of hydrogen-bond donors (Lipinski definition) is 0. The van der Waals surface area contributed by atoms with E-state index in [9.17, 15) is 0 Å². The molecule has 0 aliphatic heterocycles. The van der Waals surface area contributed by atoms with Gasteiger partial charge in [-0.1, -0.05) is 212 Å². The van der Waals surface area contributed by atoms with Crippen LogP contribution in [-0.4, -0.2) is 9.13 Å². The van der Waals surface area contributed by atoms with Gasteiger partial charge >= 0.3 is 0 Å². The van der Waals surface area contributed by atoms with Crippen LogP contribution in [0.2, 0.25) is 0 Å². The molecule has 0 saturated heterocycles. The Morgan fingerprint density at radius 2 is 0.603 bits per heavy atom. The molecule has 0 atom stereocenters.